The van der Waals surface area contributed by atoms with Crippen LogP contribution in [0.25, 0.3) is 0 Å². The number of carbonyl (C=O) groups is 2. The molecule has 0 aliphatic heterocycles. The Labute approximate surface area is 124 Å². The molecule has 21 heavy (non-hydrogen) atoms. The number of carboxylic acids is 1. The number of aliphatic carboxylic acids is 1. The van der Waals surface area contributed by atoms with E-state index in [0.29, 0.717) is 12.8 Å². The first-order valence-corrected chi connectivity index (χ1v) is 7.28. The summed E-state index contributed by atoms with van der Waals surface area (Å²) in [5, 5.41) is 12.1. The molecule has 1 aliphatic carbocycles. The van der Waals surface area contributed by atoms with Crippen LogP contribution in [0.5, 0.6) is 0 Å². The SMILES string of the molecule is CC(CCc1ccco1)NC(=O)[C@@H]1CC=CC[C@@H]1C(=O)O. The molecular formula is C16H21NO4. The van der Waals surface area contributed by atoms with Gasteiger partial charge < -0.3 is 14.8 Å². The minimum Gasteiger partial charge on any atom is -0.481 e. The highest BCUT2D eigenvalue weighted by molar-refractivity contribution is 5.85. The second kappa shape index (κ2) is 7.11. The van der Waals surface area contributed by atoms with Gasteiger partial charge in [0.1, 0.15) is 5.76 Å². The van der Waals surface area contributed by atoms with Gasteiger partial charge in [0.15, 0.2) is 0 Å². The first-order chi connectivity index (χ1) is 10.1. The third-order valence-electron chi connectivity index (χ3n) is 3.88. The van der Waals surface area contributed by atoms with Gasteiger partial charge in [0, 0.05) is 12.5 Å². The fraction of sp³-hybridized carbons (Fsp3) is 0.500. The van der Waals surface area contributed by atoms with Crippen LogP contribution in [0, 0.1) is 11.8 Å². The number of hydrogen-bond donors (Lipinski definition) is 2. The Morgan fingerprint density at radius 2 is 2.10 bits per heavy atom. The van der Waals surface area contributed by atoms with Crippen LogP contribution in [0.2, 0.25) is 0 Å². The van der Waals surface area contributed by atoms with Gasteiger partial charge in [-0.25, -0.2) is 0 Å². The molecule has 0 spiro atoms. The number of carboxylic acid groups (broad SMARTS) is 1. The summed E-state index contributed by atoms with van der Waals surface area (Å²) in [6.45, 7) is 1.93. The van der Waals surface area contributed by atoms with E-state index in [4.69, 9.17) is 4.42 Å². The minimum absolute atomic E-state index is 0.0112. The predicted octanol–water partition coefficient (Wildman–Crippen LogP) is 2.38. The Kier molecular flexibility index (Phi) is 5.20. The quantitative estimate of drug-likeness (QED) is 0.789. The Balaban J connectivity index is 1.84. The molecule has 0 aromatic carbocycles. The minimum atomic E-state index is -0.900. The van der Waals surface area contributed by atoms with E-state index in [1.54, 1.807) is 6.26 Å². The van der Waals surface area contributed by atoms with Crippen molar-refractivity contribution in [2.24, 2.45) is 11.8 Å². The molecule has 2 N–H and O–H groups in total. The molecule has 5 nitrogen and oxygen atoms in total. The van der Waals surface area contributed by atoms with Crippen LogP contribution >= 0.6 is 0 Å². The maximum atomic E-state index is 12.3. The molecule has 0 saturated carbocycles. The van der Waals surface area contributed by atoms with E-state index in [2.05, 4.69) is 5.32 Å². The lowest BCUT2D eigenvalue weighted by atomic mass is 9.82. The van der Waals surface area contributed by atoms with Crippen molar-refractivity contribution in [1.82, 2.24) is 5.32 Å². The summed E-state index contributed by atoms with van der Waals surface area (Å²) in [7, 11) is 0. The van der Waals surface area contributed by atoms with E-state index in [-0.39, 0.29) is 11.9 Å². The van der Waals surface area contributed by atoms with Crippen LogP contribution in [0.15, 0.2) is 35.0 Å². The molecular weight excluding hydrogens is 270 g/mol. The lowest BCUT2D eigenvalue weighted by Crippen LogP contribution is -2.42. The van der Waals surface area contributed by atoms with E-state index >= 15 is 0 Å². The second-order valence-electron chi connectivity index (χ2n) is 5.52. The molecule has 114 valence electrons. The van der Waals surface area contributed by atoms with Gasteiger partial charge in [0.05, 0.1) is 18.1 Å². The number of allylic oxidation sites excluding steroid dienone is 2. The highest BCUT2D eigenvalue weighted by Gasteiger charge is 2.34. The van der Waals surface area contributed by atoms with Gasteiger partial charge in [-0.1, -0.05) is 12.2 Å². The second-order valence-corrected chi connectivity index (χ2v) is 5.52. The van der Waals surface area contributed by atoms with Crippen molar-refractivity contribution in [2.75, 3.05) is 0 Å². The number of carbonyl (C=O) groups excluding carboxylic acids is 1. The molecule has 0 bridgehead atoms. The summed E-state index contributed by atoms with van der Waals surface area (Å²) in [6, 6.07) is 3.73. The molecule has 5 heteroatoms. The van der Waals surface area contributed by atoms with Crippen molar-refractivity contribution >= 4 is 11.9 Å². The Morgan fingerprint density at radius 3 is 2.71 bits per heavy atom. The molecule has 1 heterocycles. The van der Waals surface area contributed by atoms with Crippen molar-refractivity contribution in [3.05, 3.63) is 36.3 Å². The van der Waals surface area contributed by atoms with Gasteiger partial charge in [-0.3, -0.25) is 9.59 Å². The van der Waals surface area contributed by atoms with Gasteiger partial charge in [-0.2, -0.15) is 0 Å². The monoisotopic (exact) mass is 291 g/mol. The molecule has 1 aromatic rings. The molecule has 1 unspecified atom stereocenters. The third kappa shape index (κ3) is 4.21. The lowest BCUT2D eigenvalue weighted by molar-refractivity contribution is -0.147. The molecule has 1 amide bonds. The Morgan fingerprint density at radius 1 is 1.38 bits per heavy atom. The van der Waals surface area contributed by atoms with Gasteiger partial charge in [-0.05, 0) is 38.3 Å². The number of rotatable bonds is 6. The fourth-order valence-corrected chi connectivity index (χ4v) is 2.61. The summed E-state index contributed by atoms with van der Waals surface area (Å²) in [6.07, 6.45) is 7.79. The number of aryl methyl sites for hydroxylation is 1. The molecule has 1 aromatic heterocycles. The standard InChI is InChI=1S/C16H21NO4/c1-11(8-9-12-5-4-10-21-12)17-15(18)13-6-2-3-7-14(13)16(19)20/h2-5,10-11,13-14H,6-9H2,1H3,(H,17,18)(H,19,20)/t11?,13-,14+/m1/s1. The number of hydrogen-bond acceptors (Lipinski definition) is 3. The highest BCUT2D eigenvalue weighted by atomic mass is 16.4. The van der Waals surface area contributed by atoms with E-state index in [0.717, 1.165) is 18.6 Å². The molecule has 2 rings (SSSR count). The average Bonchev–Trinajstić information content (AvgIpc) is 2.98. The number of furan rings is 1. The highest BCUT2D eigenvalue weighted by Crippen LogP contribution is 2.26. The first-order valence-electron chi connectivity index (χ1n) is 7.28. The summed E-state index contributed by atoms with van der Waals surface area (Å²) in [5.74, 6) is -1.27. The largest absolute Gasteiger partial charge is 0.481 e. The van der Waals surface area contributed by atoms with Crippen molar-refractivity contribution in [3.63, 3.8) is 0 Å². The van der Waals surface area contributed by atoms with Crippen LogP contribution in [-0.2, 0) is 16.0 Å². The van der Waals surface area contributed by atoms with Gasteiger partial charge >= 0.3 is 5.97 Å². The van der Waals surface area contributed by atoms with Gasteiger partial charge in [0.2, 0.25) is 5.91 Å². The van der Waals surface area contributed by atoms with Crippen molar-refractivity contribution in [2.45, 2.75) is 38.6 Å². The van der Waals surface area contributed by atoms with E-state index in [1.165, 1.54) is 0 Å². The van der Waals surface area contributed by atoms with Crippen LogP contribution in [0.1, 0.15) is 31.9 Å². The third-order valence-corrected chi connectivity index (χ3v) is 3.88. The number of nitrogens with one attached hydrogen (secondary N) is 1. The fourth-order valence-electron chi connectivity index (χ4n) is 2.61. The summed E-state index contributed by atoms with van der Waals surface area (Å²) in [4.78, 5) is 23.5. The Bertz CT molecular complexity index is 506. The summed E-state index contributed by atoms with van der Waals surface area (Å²) in [5.41, 5.74) is 0. The smallest absolute Gasteiger partial charge is 0.307 e. The molecule has 1 aliphatic rings. The van der Waals surface area contributed by atoms with E-state index in [9.17, 15) is 14.7 Å². The number of amides is 1. The van der Waals surface area contributed by atoms with E-state index < -0.39 is 17.8 Å². The van der Waals surface area contributed by atoms with E-state index in [1.807, 2.05) is 31.2 Å². The Hall–Kier alpha value is -2.04. The van der Waals surface area contributed by atoms with Crippen molar-refractivity contribution in [3.8, 4) is 0 Å². The molecule has 0 radical (unpaired) electrons. The first kappa shape index (κ1) is 15.4. The van der Waals surface area contributed by atoms with Gasteiger partial charge in [-0.15, -0.1) is 0 Å². The maximum Gasteiger partial charge on any atom is 0.307 e. The average molecular weight is 291 g/mol. The summed E-state index contributed by atoms with van der Waals surface area (Å²) >= 11 is 0. The topological polar surface area (TPSA) is 79.5 Å². The zero-order valence-corrected chi connectivity index (χ0v) is 12.1. The molecule has 0 fully saturated rings. The van der Waals surface area contributed by atoms with Gasteiger partial charge in [0.25, 0.3) is 0 Å². The maximum absolute atomic E-state index is 12.3. The molecule has 3 atom stereocenters. The van der Waals surface area contributed by atoms with Crippen molar-refractivity contribution < 1.29 is 19.1 Å². The van der Waals surface area contributed by atoms with Crippen LogP contribution in [0.3, 0.4) is 0 Å². The van der Waals surface area contributed by atoms with Crippen LogP contribution in [0.4, 0.5) is 0 Å². The zero-order valence-electron chi connectivity index (χ0n) is 12.1. The summed E-state index contributed by atoms with van der Waals surface area (Å²) < 4.78 is 5.25. The van der Waals surface area contributed by atoms with Crippen molar-refractivity contribution in [1.29, 1.82) is 0 Å². The lowest BCUT2D eigenvalue weighted by Gasteiger charge is -2.26. The molecule has 0 saturated heterocycles. The van der Waals surface area contributed by atoms with Crippen LogP contribution in [-0.4, -0.2) is 23.0 Å². The normalized spacial score (nSPS) is 22.7. The zero-order chi connectivity index (χ0) is 15.2. The predicted molar refractivity (Wildman–Crippen MR) is 77.6 cm³/mol. The van der Waals surface area contributed by atoms with Crippen LogP contribution < -0.4 is 5.32 Å².